The Hall–Kier alpha value is -2.09. The molecule has 0 bridgehead atoms. The number of nitrogens with zero attached hydrogens (tertiary/aromatic N) is 1. The number of rotatable bonds is 4. The first-order valence-electron chi connectivity index (χ1n) is 8.14. The normalized spacial score (nSPS) is 26.3. The van der Waals surface area contributed by atoms with Gasteiger partial charge in [0.05, 0.1) is 6.04 Å². The van der Waals surface area contributed by atoms with Crippen LogP contribution >= 0.6 is 11.3 Å². The van der Waals surface area contributed by atoms with Gasteiger partial charge < -0.3 is 20.9 Å². The van der Waals surface area contributed by atoms with E-state index < -0.39 is 12.1 Å². The van der Waals surface area contributed by atoms with Crippen LogP contribution in [0.5, 0.6) is 0 Å². The van der Waals surface area contributed by atoms with Gasteiger partial charge in [-0.1, -0.05) is 6.07 Å². The van der Waals surface area contributed by atoms with Gasteiger partial charge in [0.15, 0.2) is 0 Å². The Bertz CT molecular complexity index is 631. The molecule has 3 N–H and O–H groups in total. The molecule has 24 heavy (non-hydrogen) atoms. The maximum absolute atomic E-state index is 12.7. The van der Waals surface area contributed by atoms with Crippen molar-refractivity contribution in [1.29, 1.82) is 0 Å². The first kappa shape index (κ1) is 16.8. The first-order valence-corrected chi connectivity index (χ1v) is 9.02. The molecule has 2 fully saturated rings. The Kier molecular flexibility index (Phi) is 4.75. The summed E-state index contributed by atoms with van der Waals surface area (Å²) in [6.07, 6.45) is 0.964. The van der Waals surface area contributed by atoms with Crippen LogP contribution < -0.4 is 16.0 Å². The van der Waals surface area contributed by atoms with Crippen molar-refractivity contribution in [3.8, 4) is 0 Å². The van der Waals surface area contributed by atoms with E-state index >= 15 is 0 Å². The van der Waals surface area contributed by atoms with E-state index in [2.05, 4.69) is 16.0 Å². The topological polar surface area (TPSA) is 90.5 Å². The third kappa shape index (κ3) is 3.53. The number of nitrogens with one attached hydrogen (secondary N) is 3. The van der Waals surface area contributed by atoms with Crippen LogP contribution in [-0.2, 0) is 16.0 Å². The predicted molar refractivity (Wildman–Crippen MR) is 90.7 cm³/mol. The number of hydrogen-bond acceptors (Lipinski definition) is 4. The number of amides is 4. The van der Waals surface area contributed by atoms with Crippen LogP contribution in [0.25, 0.3) is 0 Å². The summed E-state index contributed by atoms with van der Waals surface area (Å²) in [6.45, 7) is 4.14. The van der Waals surface area contributed by atoms with Crippen molar-refractivity contribution in [3.05, 3.63) is 22.4 Å². The van der Waals surface area contributed by atoms with Crippen molar-refractivity contribution in [2.75, 3.05) is 6.54 Å². The number of urea groups is 1. The Morgan fingerprint density at radius 2 is 2.25 bits per heavy atom. The highest BCUT2D eigenvalue weighted by Crippen LogP contribution is 2.24. The minimum Gasteiger partial charge on any atom is -0.342 e. The SMILES string of the molecule is CC(C)NC(=O)NC1CC2C(=O)NC(Cc3cccs3)C(=O)N2C1. The molecule has 3 rings (SSSR count). The van der Waals surface area contributed by atoms with Gasteiger partial charge in [-0.25, -0.2) is 4.79 Å². The molecule has 4 amide bonds. The smallest absolute Gasteiger partial charge is 0.315 e. The van der Waals surface area contributed by atoms with Crippen LogP contribution in [0.3, 0.4) is 0 Å². The standard InChI is InChI=1S/C16H22N4O3S/c1-9(2)17-16(23)18-10-6-13-14(21)19-12(15(22)20(13)8-10)7-11-4-3-5-24-11/h3-5,9-10,12-13H,6-8H2,1-2H3,(H,19,21)(H2,17,18,23). The highest BCUT2D eigenvalue weighted by Gasteiger charge is 2.46. The largest absolute Gasteiger partial charge is 0.342 e. The molecule has 1 aromatic heterocycles. The third-order valence-electron chi connectivity index (χ3n) is 4.24. The molecular formula is C16H22N4O3S. The lowest BCUT2D eigenvalue weighted by Gasteiger charge is -2.34. The molecule has 0 saturated carbocycles. The average molecular weight is 350 g/mol. The fourth-order valence-corrected chi connectivity index (χ4v) is 3.97. The summed E-state index contributed by atoms with van der Waals surface area (Å²) in [7, 11) is 0. The second-order valence-corrected chi connectivity index (χ2v) is 7.59. The van der Waals surface area contributed by atoms with Gasteiger partial charge >= 0.3 is 6.03 Å². The van der Waals surface area contributed by atoms with E-state index in [-0.39, 0.29) is 29.9 Å². The molecule has 3 heterocycles. The molecule has 2 saturated heterocycles. The number of thiophene rings is 1. The summed E-state index contributed by atoms with van der Waals surface area (Å²) in [5.41, 5.74) is 0. The van der Waals surface area contributed by atoms with E-state index in [9.17, 15) is 14.4 Å². The molecular weight excluding hydrogens is 328 g/mol. The van der Waals surface area contributed by atoms with Crippen LogP contribution in [0, 0.1) is 0 Å². The van der Waals surface area contributed by atoms with Gasteiger partial charge in [-0.05, 0) is 31.7 Å². The van der Waals surface area contributed by atoms with Crippen molar-refractivity contribution in [1.82, 2.24) is 20.9 Å². The molecule has 8 heteroatoms. The van der Waals surface area contributed by atoms with Gasteiger partial charge in [0, 0.05) is 23.9 Å². The van der Waals surface area contributed by atoms with E-state index in [0.29, 0.717) is 19.4 Å². The van der Waals surface area contributed by atoms with Gasteiger partial charge in [-0.2, -0.15) is 0 Å². The second-order valence-electron chi connectivity index (χ2n) is 6.56. The Balaban J connectivity index is 1.63. The first-order chi connectivity index (χ1) is 11.4. The number of carbonyl (C=O) groups excluding carboxylic acids is 3. The number of hydrogen-bond donors (Lipinski definition) is 3. The fourth-order valence-electron chi connectivity index (χ4n) is 3.22. The summed E-state index contributed by atoms with van der Waals surface area (Å²) in [5.74, 6) is -0.203. The van der Waals surface area contributed by atoms with Crippen LogP contribution in [0.15, 0.2) is 17.5 Å². The highest BCUT2D eigenvalue weighted by molar-refractivity contribution is 7.09. The maximum Gasteiger partial charge on any atom is 0.315 e. The van der Waals surface area contributed by atoms with E-state index in [4.69, 9.17) is 0 Å². The molecule has 130 valence electrons. The predicted octanol–water partition coefficient (Wildman–Crippen LogP) is 0.466. The quantitative estimate of drug-likeness (QED) is 0.737. The zero-order chi connectivity index (χ0) is 17.3. The van der Waals surface area contributed by atoms with Crippen LogP contribution in [-0.4, -0.2) is 53.5 Å². The van der Waals surface area contributed by atoms with E-state index in [1.54, 1.807) is 16.2 Å². The summed E-state index contributed by atoms with van der Waals surface area (Å²) >= 11 is 1.57. The van der Waals surface area contributed by atoms with Gasteiger partial charge in [0.2, 0.25) is 11.8 Å². The number of fused-ring (bicyclic) bond motifs is 1. The van der Waals surface area contributed by atoms with E-state index in [0.717, 1.165) is 4.88 Å². The zero-order valence-corrected chi connectivity index (χ0v) is 14.6. The molecule has 2 aliphatic heterocycles. The monoisotopic (exact) mass is 350 g/mol. The summed E-state index contributed by atoms with van der Waals surface area (Å²) in [4.78, 5) is 39.5. The molecule has 3 unspecified atom stereocenters. The van der Waals surface area contributed by atoms with E-state index in [1.165, 1.54) is 0 Å². The van der Waals surface area contributed by atoms with Crippen molar-refractivity contribution in [2.45, 2.75) is 50.9 Å². The molecule has 1 aromatic rings. The average Bonchev–Trinajstić information content (AvgIpc) is 3.13. The van der Waals surface area contributed by atoms with Crippen molar-refractivity contribution in [3.63, 3.8) is 0 Å². The zero-order valence-electron chi connectivity index (χ0n) is 13.7. The lowest BCUT2D eigenvalue weighted by Crippen LogP contribution is -2.61. The summed E-state index contributed by atoms with van der Waals surface area (Å²) < 4.78 is 0. The number of piperazine rings is 1. The van der Waals surface area contributed by atoms with E-state index in [1.807, 2.05) is 31.4 Å². The fraction of sp³-hybridized carbons (Fsp3) is 0.562. The van der Waals surface area contributed by atoms with Gasteiger partial charge in [-0.3, -0.25) is 9.59 Å². The molecule has 3 atom stereocenters. The minimum absolute atomic E-state index is 0.0362. The van der Waals surface area contributed by atoms with Gasteiger partial charge in [0.1, 0.15) is 12.1 Å². The molecule has 7 nitrogen and oxygen atoms in total. The van der Waals surface area contributed by atoms with Crippen LogP contribution in [0.2, 0.25) is 0 Å². The van der Waals surface area contributed by atoms with Crippen molar-refractivity contribution >= 4 is 29.2 Å². The van der Waals surface area contributed by atoms with Gasteiger partial charge in [0.25, 0.3) is 0 Å². The lowest BCUT2D eigenvalue weighted by molar-refractivity contribution is -0.146. The Labute approximate surface area is 144 Å². The minimum atomic E-state index is -0.518. The molecule has 0 spiro atoms. The Morgan fingerprint density at radius 1 is 1.46 bits per heavy atom. The third-order valence-corrected chi connectivity index (χ3v) is 5.14. The summed E-state index contributed by atoms with van der Waals surface area (Å²) in [5, 5.41) is 10.4. The van der Waals surface area contributed by atoms with Crippen molar-refractivity contribution < 1.29 is 14.4 Å². The van der Waals surface area contributed by atoms with Crippen LogP contribution in [0.1, 0.15) is 25.1 Å². The molecule has 0 aliphatic carbocycles. The maximum atomic E-state index is 12.7. The number of carbonyl (C=O) groups is 3. The van der Waals surface area contributed by atoms with Crippen LogP contribution in [0.4, 0.5) is 4.79 Å². The lowest BCUT2D eigenvalue weighted by atomic mass is 10.0. The summed E-state index contributed by atoms with van der Waals surface area (Å²) in [6, 6.07) is 2.45. The van der Waals surface area contributed by atoms with Crippen molar-refractivity contribution in [2.24, 2.45) is 0 Å². The molecule has 2 aliphatic rings. The molecule has 0 aromatic carbocycles. The highest BCUT2D eigenvalue weighted by atomic mass is 32.1. The van der Waals surface area contributed by atoms with Gasteiger partial charge in [-0.15, -0.1) is 11.3 Å². The molecule has 0 radical (unpaired) electrons. The Morgan fingerprint density at radius 3 is 2.92 bits per heavy atom. The second kappa shape index (κ2) is 6.80.